The Bertz CT molecular complexity index is 235. The van der Waals surface area contributed by atoms with Gasteiger partial charge in [0.15, 0.2) is 0 Å². The Morgan fingerprint density at radius 3 is 1.71 bits per heavy atom. The number of rotatable bonds is 3. The number of amides is 1. The Morgan fingerprint density at radius 1 is 1.14 bits per heavy atom. The molecule has 0 aromatic heterocycles. The topological polar surface area (TPSA) is 52.3 Å². The van der Waals surface area contributed by atoms with Crippen molar-refractivity contribution in [1.29, 1.82) is 0 Å². The molecular weight excluding hydrogens is 220 g/mol. The van der Waals surface area contributed by atoms with Gasteiger partial charge in [0, 0.05) is 6.92 Å². The van der Waals surface area contributed by atoms with Crippen molar-refractivity contribution in [2.75, 3.05) is 0 Å². The largest absolute Gasteiger partial charge is 0.474 e. The van der Waals surface area contributed by atoms with E-state index in [0.717, 1.165) is 0 Å². The Morgan fingerprint density at radius 2 is 1.50 bits per heavy atom. The molecule has 0 aliphatic heterocycles. The molecule has 0 heterocycles. The van der Waals surface area contributed by atoms with Crippen LogP contribution in [0.15, 0.2) is 0 Å². The van der Waals surface area contributed by atoms with Crippen molar-refractivity contribution in [2.45, 2.75) is 24.9 Å². The summed E-state index contributed by atoms with van der Waals surface area (Å²) < 4.78 is 75.4. The van der Waals surface area contributed by atoms with E-state index in [-0.39, 0.29) is 0 Å². The molecule has 0 fully saturated rings. The first-order valence-corrected chi connectivity index (χ1v) is 3.03. The van der Waals surface area contributed by atoms with E-state index in [4.69, 9.17) is 0 Å². The van der Waals surface area contributed by atoms with Crippen LogP contribution in [0.4, 0.5) is 31.1 Å². The predicted octanol–water partition coefficient (Wildman–Crippen LogP) is 1.96. The van der Waals surface area contributed by atoms with E-state index in [1.165, 1.54) is 0 Å². The molecule has 0 aliphatic rings. The van der Waals surface area contributed by atoms with Gasteiger partial charge in [-0.2, -0.15) is 26.3 Å². The lowest BCUT2D eigenvalue weighted by Gasteiger charge is -2.28. The number of primary amides is 1. The molecule has 14 heavy (non-hydrogen) atoms. The summed E-state index contributed by atoms with van der Waals surface area (Å²) in [5, 5.41) is 0. The van der Waals surface area contributed by atoms with Crippen molar-refractivity contribution < 1.29 is 35.9 Å². The quantitative estimate of drug-likeness (QED) is 0.746. The number of nitrogens with two attached hydrogens (primary N) is 1. The number of hydrogen-bond donors (Lipinski definition) is 1. The standard InChI is InChI=1S/C5H5F6NO2/c1-3(6,7)4(8,9)5(10,11)14-2(12)13/h1H3,(H2,12,13). The highest BCUT2D eigenvalue weighted by molar-refractivity contribution is 5.65. The van der Waals surface area contributed by atoms with Crippen LogP contribution in [0, 0.1) is 0 Å². The van der Waals surface area contributed by atoms with Gasteiger partial charge in [0.25, 0.3) is 0 Å². The molecule has 0 bridgehead atoms. The maximum absolute atomic E-state index is 12.2. The number of halogens is 6. The van der Waals surface area contributed by atoms with Crippen LogP contribution in [0.1, 0.15) is 6.92 Å². The summed E-state index contributed by atoms with van der Waals surface area (Å²) in [6.45, 7) is -0.439. The third kappa shape index (κ3) is 2.20. The van der Waals surface area contributed by atoms with Crippen LogP contribution in [0.5, 0.6) is 0 Å². The molecule has 0 saturated carbocycles. The summed E-state index contributed by atoms with van der Waals surface area (Å²) in [6.07, 6.45) is -7.93. The van der Waals surface area contributed by atoms with Crippen molar-refractivity contribution in [3.05, 3.63) is 0 Å². The second-order valence-corrected chi connectivity index (χ2v) is 2.40. The molecule has 0 atom stereocenters. The average molecular weight is 225 g/mol. The third-order valence-corrected chi connectivity index (χ3v) is 1.15. The fraction of sp³-hybridized carbons (Fsp3) is 0.800. The van der Waals surface area contributed by atoms with Gasteiger partial charge in [0.1, 0.15) is 0 Å². The first-order chi connectivity index (χ1) is 5.92. The smallest absolute Gasteiger partial charge is 0.379 e. The van der Waals surface area contributed by atoms with Crippen LogP contribution < -0.4 is 5.73 Å². The number of alkyl halides is 6. The molecule has 0 aromatic rings. The molecule has 3 nitrogen and oxygen atoms in total. The van der Waals surface area contributed by atoms with E-state index in [2.05, 4.69) is 10.5 Å². The Hall–Kier alpha value is -1.15. The van der Waals surface area contributed by atoms with E-state index in [9.17, 15) is 31.1 Å². The van der Waals surface area contributed by atoms with Gasteiger partial charge in [0.2, 0.25) is 0 Å². The minimum absolute atomic E-state index is 0.439. The molecular formula is C5H5F6NO2. The fourth-order valence-corrected chi connectivity index (χ4v) is 0.446. The Balaban J connectivity index is 4.97. The second kappa shape index (κ2) is 3.21. The summed E-state index contributed by atoms with van der Waals surface area (Å²) in [4.78, 5) is 9.73. The van der Waals surface area contributed by atoms with Crippen LogP contribution in [-0.2, 0) is 4.74 Å². The van der Waals surface area contributed by atoms with Gasteiger partial charge in [-0.25, -0.2) is 4.79 Å². The molecule has 0 rings (SSSR count). The van der Waals surface area contributed by atoms with E-state index < -0.39 is 31.0 Å². The van der Waals surface area contributed by atoms with E-state index in [0.29, 0.717) is 0 Å². The van der Waals surface area contributed by atoms with Crippen molar-refractivity contribution >= 4 is 6.09 Å². The Kier molecular flexibility index (Phi) is 2.95. The molecule has 0 saturated heterocycles. The van der Waals surface area contributed by atoms with Crippen LogP contribution in [0.25, 0.3) is 0 Å². The summed E-state index contributed by atoms with van der Waals surface area (Å²) in [6, 6.07) is 0. The summed E-state index contributed by atoms with van der Waals surface area (Å²) in [7, 11) is 0. The molecule has 0 unspecified atom stereocenters. The van der Waals surface area contributed by atoms with Gasteiger partial charge in [-0.3, -0.25) is 0 Å². The van der Waals surface area contributed by atoms with Crippen molar-refractivity contribution in [2.24, 2.45) is 5.73 Å². The number of carbonyl (C=O) groups is 1. The monoisotopic (exact) mass is 225 g/mol. The van der Waals surface area contributed by atoms with E-state index in [1.54, 1.807) is 0 Å². The molecule has 0 aliphatic carbocycles. The predicted molar refractivity (Wildman–Crippen MR) is 31.2 cm³/mol. The summed E-state index contributed by atoms with van der Waals surface area (Å²) in [5.74, 6) is -10.9. The summed E-state index contributed by atoms with van der Waals surface area (Å²) in [5.41, 5.74) is 4.00. The number of carbonyl (C=O) groups excluding carboxylic acids is 1. The zero-order chi connectivity index (χ0) is 11.8. The fourth-order valence-electron chi connectivity index (χ4n) is 0.446. The molecule has 0 radical (unpaired) electrons. The van der Waals surface area contributed by atoms with Gasteiger partial charge < -0.3 is 10.5 Å². The molecule has 2 N–H and O–H groups in total. The molecule has 0 aromatic carbocycles. The van der Waals surface area contributed by atoms with Crippen molar-refractivity contribution in [3.8, 4) is 0 Å². The lowest BCUT2D eigenvalue weighted by Crippen LogP contribution is -2.55. The maximum Gasteiger partial charge on any atom is 0.474 e. The van der Waals surface area contributed by atoms with E-state index in [1.807, 2.05) is 0 Å². The SMILES string of the molecule is CC(F)(F)C(F)(F)C(F)(F)OC(N)=O. The van der Waals surface area contributed by atoms with Crippen LogP contribution in [-0.4, -0.2) is 24.0 Å². The highest BCUT2D eigenvalue weighted by Gasteiger charge is 2.72. The normalized spacial score (nSPS) is 13.9. The van der Waals surface area contributed by atoms with Gasteiger partial charge in [-0.05, 0) is 0 Å². The highest BCUT2D eigenvalue weighted by atomic mass is 19.3. The molecule has 1 amide bonds. The average Bonchev–Trinajstić information content (AvgIpc) is 1.80. The summed E-state index contributed by atoms with van der Waals surface area (Å²) >= 11 is 0. The van der Waals surface area contributed by atoms with Crippen LogP contribution >= 0.6 is 0 Å². The van der Waals surface area contributed by atoms with Crippen LogP contribution in [0.3, 0.4) is 0 Å². The number of hydrogen-bond acceptors (Lipinski definition) is 2. The zero-order valence-corrected chi connectivity index (χ0v) is 6.66. The highest BCUT2D eigenvalue weighted by Crippen LogP contribution is 2.45. The minimum atomic E-state index is -5.82. The van der Waals surface area contributed by atoms with Gasteiger partial charge in [-0.1, -0.05) is 0 Å². The zero-order valence-electron chi connectivity index (χ0n) is 6.66. The van der Waals surface area contributed by atoms with Gasteiger partial charge in [0.05, 0.1) is 0 Å². The van der Waals surface area contributed by atoms with Crippen LogP contribution in [0.2, 0.25) is 0 Å². The van der Waals surface area contributed by atoms with Gasteiger partial charge >= 0.3 is 24.0 Å². The first-order valence-electron chi connectivity index (χ1n) is 3.03. The molecule has 9 heteroatoms. The maximum atomic E-state index is 12.2. The van der Waals surface area contributed by atoms with Gasteiger partial charge in [-0.15, -0.1) is 0 Å². The lowest BCUT2D eigenvalue weighted by atomic mass is 10.2. The lowest BCUT2D eigenvalue weighted by molar-refractivity contribution is -0.375. The molecule has 0 spiro atoms. The second-order valence-electron chi connectivity index (χ2n) is 2.40. The van der Waals surface area contributed by atoms with E-state index >= 15 is 0 Å². The third-order valence-electron chi connectivity index (χ3n) is 1.15. The Labute approximate surface area is 73.8 Å². The van der Waals surface area contributed by atoms with Crippen molar-refractivity contribution in [3.63, 3.8) is 0 Å². The molecule has 84 valence electrons. The minimum Gasteiger partial charge on any atom is -0.379 e. The number of ether oxygens (including phenoxy) is 1. The first kappa shape index (κ1) is 12.8. The van der Waals surface area contributed by atoms with Crippen molar-refractivity contribution in [1.82, 2.24) is 0 Å².